The predicted octanol–water partition coefficient (Wildman–Crippen LogP) is 17.3. The average molecular weight is 966 g/mol. The highest BCUT2D eigenvalue weighted by Crippen LogP contribution is 2.43. The molecule has 388 valence electrons. The van der Waals surface area contributed by atoms with Crippen LogP contribution >= 0.6 is 7.82 Å². The smallest absolute Gasteiger partial charge is 0.457 e. The molecule has 0 aromatic carbocycles. The van der Waals surface area contributed by atoms with Crippen LogP contribution in [0.1, 0.15) is 206 Å². The van der Waals surface area contributed by atoms with Crippen LogP contribution in [0, 0.1) is 0 Å². The lowest BCUT2D eigenvalue weighted by Crippen LogP contribution is -2.28. The second-order valence-corrected chi connectivity index (χ2v) is 18.8. The molecule has 3 N–H and O–H groups in total. The Morgan fingerprint density at radius 3 is 1.16 bits per heavy atom. The Hall–Kier alpha value is -3.10. The zero-order valence-electron chi connectivity index (χ0n) is 43.3. The number of unbranched alkanes of at least 4 members (excludes halogenated alkanes) is 17. The zero-order chi connectivity index (χ0) is 49.4. The monoisotopic (exact) mass is 966 g/mol. The number of carbonyl (C=O) groups is 1. The van der Waals surface area contributed by atoms with Crippen molar-refractivity contribution < 1.29 is 32.8 Å². The van der Waals surface area contributed by atoms with Crippen molar-refractivity contribution in [2.75, 3.05) is 33.0 Å². The number of phosphoric acid groups is 1. The molecule has 0 aliphatic carbocycles. The van der Waals surface area contributed by atoms with E-state index in [1.807, 2.05) is 0 Å². The molecule has 0 aromatic rings. The number of nitrogens with two attached hydrogens (primary N) is 1. The quantitative estimate of drug-likeness (QED) is 0.0268. The topological polar surface area (TPSA) is 117 Å². The Morgan fingerprint density at radius 2 is 0.779 bits per heavy atom. The maximum Gasteiger partial charge on any atom is 0.472 e. The van der Waals surface area contributed by atoms with Crippen LogP contribution in [0.5, 0.6) is 0 Å². The molecule has 0 aromatic heterocycles. The number of rotatable bonds is 50. The van der Waals surface area contributed by atoms with E-state index in [4.69, 9.17) is 24.3 Å². The van der Waals surface area contributed by atoms with Crippen LogP contribution < -0.4 is 5.73 Å². The number of hydrogen-bond acceptors (Lipinski definition) is 7. The Balaban J connectivity index is 4.00. The van der Waals surface area contributed by atoms with Gasteiger partial charge in [0.1, 0.15) is 6.10 Å². The minimum absolute atomic E-state index is 0.0891. The van der Waals surface area contributed by atoms with Crippen LogP contribution in [-0.4, -0.2) is 49.9 Å². The minimum Gasteiger partial charge on any atom is -0.457 e. The summed E-state index contributed by atoms with van der Waals surface area (Å²) in [5, 5.41) is 0. The Labute approximate surface area is 417 Å². The predicted molar refractivity (Wildman–Crippen MR) is 293 cm³/mol. The number of hydrogen-bond donors (Lipinski definition) is 2. The van der Waals surface area contributed by atoms with Crippen molar-refractivity contribution in [2.45, 2.75) is 213 Å². The van der Waals surface area contributed by atoms with Gasteiger partial charge in [-0.25, -0.2) is 4.57 Å². The van der Waals surface area contributed by atoms with Crippen LogP contribution in [0.2, 0.25) is 0 Å². The van der Waals surface area contributed by atoms with Crippen molar-refractivity contribution in [1.29, 1.82) is 0 Å². The fourth-order valence-electron chi connectivity index (χ4n) is 6.99. The Morgan fingerprint density at radius 1 is 0.441 bits per heavy atom. The van der Waals surface area contributed by atoms with Gasteiger partial charge in [-0.3, -0.25) is 13.8 Å². The van der Waals surface area contributed by atoms with Crippen LogP contribution in [0.25, 0.3) is 0 Å². The number of carbonyl (C=O) groups excluding carboxylic acids is 1. The minimum atomic E-state index is -4.30. The van der Waals surface area contributed by atoms with Crippen LogP contribution in [0.4, 0.5) is 0 Å². The molecule has 0 saturated carbocycles. The summed E-state index contributed by atoms with van der Waals surface area (Å²) in [6.45, 7) is 4.64. The molecule has 0 aliphatic heterocycles. The molecule has 0 fully saturated rings. The van der Waals surface area contributed by atoms with Crippen molar-refractivity contribution in [2.24, 2.45) is 5.73 Å². The number of ether oxygens (including phenoxy) is 2. The summed E-state index contributed by atoms with van der Waals surface area (Å²) in [5.74, 6) is -0.358. The number of esters is 1. The molecule has 8 nitrogen and oxygen atoms in total. The fraction of sp³-hybridized carbons (Fsp3) is 0.644. The molecular weight excluding hydrogens is 866 g/mol. The van der Waals surface area contributed by atoms with Gasteiger partial charge in [-0.1, -0.05) is 219 Å². The van der Waals surface area contributed by atoms with E-state index >= 15 is 0 Å². The van der Waals surface area contributed by atoms with Gasteiger partial charge in [0.15, 0.2) is 0 Å². The second-order valence-electron chi connectivity index (χ2n) is 17.3. The van der Waals surface area contributed by atoms with Gasteiger partial charge in [0.25, 0.3) is 0 Å². The second kappa shape index (κ2) is 54.8. The molecule has 0 saturated heterocycles. The van der Waals surface area contributed by atoms with E-state index in [1.165, 1.54) is 77.0 Å². The molecule has 2 unspecified atom stereocenters. The van der Waals surface area contributed by atoms with E-state index in [2.05, 4.69) is 135 Å². The summed E-state index contributed by atoms with van der Waals surface area (Å²) in [6, 6.07) is 0. The van der Waals surface area contributed by atoms with Gasteiger partial charge in [0.05, 0.1) is 19.8 Å². The standard InChI is InChI=1S/C59H100NO7P/c1-3-5-7-9-11-13-15-17-19-21-23-25-27-28-29-31-33-35-37-39-41-43-45-47-49-51-54-64-56-58(57-66-68(62,63)65-55-53-60)67-59(61)52-50-48-46-44-42-40-38-36-34-32-30-26-24-22-20-18-16-14-12-10-8-6-4-2/h5-8,11-14,17-20,23-26,32,34,38,40,58H,3-4,9-10,15-16,21-22,27-31,33,35-37,39,41-57,60H2,1-2H3,(H,62,63)/b7-5-,8-6-,13-11-,14-12-,19-17-,20-18-,25-23-,26-24-,34-32-,40-38-. The molecule has 0 rings (SSSR count). The van der Waals surface area contributed by atoms with Crippen molar-refractivity contribution in [3.63, 3.8) is 0 Å². The number of phosphoric ester groups is 1. The number of allylic oxidation sites excluding steroid dienone is 20. The lowest BCUT2D eigenvalue weighted by atomic mass is 10.0. The van der Waals surface area contributed by atoms with Crippen molar-refractivity contribution in [1.82, 2.24) is 0 Å². The van der Waals surface area contributed by atoms with Gasteiger partial charge < -0.3 is 20.1 Å². The molecule has 68 heavy (non-hydrogen) atoms. The molecule has 0 spiro atoms. The molecule has 0 radical (unpaired) electrons. The summed E-state index contributed by atoms with van der Waals surface area (Å²) in [6.07, 6.45) is 76.7. The van der Waals surface area contributed by atoms with Crippen LogP contribution in [0.15, 0.2) is 122 Å². The molecular formula is C59H100NO7P. The highest BCUT2D eigenvalue weighted by atomic mass is 31.2. The van der Waals surface area contributed by atoms with Crippen molar-refractivity contribution in [3.8, 4) is 0 Å². The highest BCUT2D eigenvalue weighted by Gasteiger charge is 2.25. The summed E-state index contributed by atoms with van der Waals surface area (Å²) in [5.41, 5.74) is 5.39. The molecule has 9 heteroatoms. The average Bonchev–Trinajstić information content (AvgIpc) is 3.33. The van der Waals surface area contributed by atoms with Gasteiger partial charge in [0.2, 0.25) is 0 Å². The zero-order valence-corrected chi connectivity index (χ0v) is 44.2. The first-order valence-electron chi connectivity index (χ1n) is 27.0. The molecule has 0 aliphatic rings. The summed E-state index contributed by atoms with van der Waals surface area (Å²) in [7, 11) is -4.30. The lowest BCUT2D eigenvalue weighted by molar-refractivity contribution is -0.154. The summed E-state index contributed by atoms with van der Waals surface area (Å²) >= 11 is 0. The third kappa shape index (κ3) is 53.8. The van der Waals surface area contributed by atoms with Crippen LogP contribution in [0.3, 0.4) is 0 Å². The largest absolute Gasteiger partial charge is 0.472 e. The lowest BCUT2D eigenvalue weighted by Gasteiger charge is -2.20. The first-order valence-corrected chi connectivity index (χ1v) is 28.5. The molecule has 0 amide bonds. The van der Waals surface area contributed by atoms with Gasteiger partial charge >= 0.3 is 13.8 Å². The van der Waals surface area contributed by atoms with E-state index < -0.39 is 13.9 Å². The van der Waals surface area contributed by atoms with Crippen LogP contribution in [-0.2, 0) is 27.9 Å². The van der Waals surface area contributed by atoms with E-state index in [0.717, 1.165) is 109 Å². The maximum absolute atomic E-state index is 12.7. The van der Waals surface area contributed by atoms with E-state index in [9.17, 15) is 14.3 Å². The summed E-state index contributed by atoms with van der Waals surface area (Å²) < 4.78 is 33.6. The SMILES string of the molecule is CC/C=C\C/C=C\C/C=C\C/C=C\C/C=C\C/C=C\CCCCCCC(=O)OC(COCCCCCCCCCCCCCCC/C=C\C/C=C\C/C=C\C/C=C\CC)COP(=O)(O)OCCN. The van der Waals surface area contributed by atoms with Crippen molar-refractivity contribution in [3.05, 3.63) is 122 Å². The van der Waals surface area contributed by atoms with Gasteiger partial charge in [-0.15, -0.1) is 0 Å². The maximum atomic E-state index is 12.7. The Kier molecular flexibility index (Phi) is 52.3. The first-order chi connectivity index (χ1) is 33.4. The van der Waals surface area contributed by atoms with E-state index in [0.29, 0.717) is 6.61 Å². The van der Waals surface area contributed by atoms with Crippen molar-refractivity contribution >= 4 is 13.8 Å². The third-order valence-corrected chi connectivity index (χ3v) is 11.9. The molecule has 0 heterocycles. The molecule has 2 atom stereocenters. The van der Waals surface area contributed by atoms with E-state index in [1.54, 1.807) is 0 Å². The van der Waals surface area contributed by atoms with Gasteiger partial charge in [0, 0.05) is 19.6 Å². The highest BCUT2D eigenvalue weighted by molar-refractivity contribution is 7.47. The third-order valence-electron chi connectivity index (χ3n) is 10.9. The van der Waals surface area contributed by atoms with Gasteiger partial charge in [-0.2, -0.15) is 0 Å². The van der Waals surface area contributed by atoms with Gasteiger partial charge in [-0.05, 0) is 103 Å². The van der Waals surface area contributed by atoms with E-state index in [-0.39, 0.29) is 38.8 Å². The Bertz CT molecular complexity index is 1460. The first kappa shape index (κ1) is 64.9. The fourth-order valence-corrected chi connectivity index (χ4v) is 7.76. The summed E-state index contributed by atoms with van der Waals surface area (Å²) in [4.78, 5) is 22.6. The molecule has 0 bridgehead atoms. The normalized spacial score (nSPS) is 14.2.